The van der Waals surface area contributed by atoms with Gasteiger partial charge < -0.3 is 35.8 Å². The van der Waals surface area contributed by atoms with Crippen molar-refractivity contribution in [1.82, 2.24) is 4.90 Å². The van der Waals surface area contributed by atoms with Crippen molar-refractivity contribution in [3.05, 3.63) is 66.2 Å². The number of carbonyl (C=O) groups excluding carboxylic acids is 2. The summed E-state index contributed by atoms with van der Waals surface area (Å²) in [6, 6.07) is 13.1. The van der Waals surface area contributed by atoms with Crippen LogP contribution in [0, 0.1) is 0 Å². The third kappa shape index (κ3) is 10.6. The molecule has 7 heteroatoms. The van der Waals surface area contributed by atoms with Gasteiger partial charge in [0.15, 0.2) is 23.8 Å². The molecule has 0 saturated carbocycles. The quantitative estimate of drug-likeness (QED) is 0.123. The highest BCUT2D eigenvalue weighted by Gasteiger charge is 2.23. The second kappa shape index (κ2) is 17.0. The first-order valence-corrected chi connectivity index (χ1v) is 13.5. The molecule has 0 radical (unpaired) electrons. The summed E-state index contributed by atoms with van der Waals surface area (Å²) in [4.78, 5) is 26.7. The van der Waals surface area contributed by atoms with E-state index in [1.807, 2.05) is 48.2 Å². The molecule has 0 aliphatic rings. The predicted octanol–water partition coefficient (Wildman–Crippen LogP) is 3.30. The lowest BCUT2D eigenvalue weighted by Crippen LogP contribution is -3.00. The number of quaternary nitrogens is 1. The number of amides is 1. The van der Waals surface area contributed by atoms with Gasteiger partial charge in [-0.1, -0.05) is 39.0 Å². The third-order valence-electron chi connectivity index (χ3n) is 6.21. The van der Waals surface area contributed by atoms with Crippen molar-refractivity contribution in [1.29, 1.82) is 0 Å². The number of halogens is 1. The topological polar surface area (TPSA) is 55.8 Å². The molecule has 2 rings (SSSR count). The molecule has 6 nitrogen and oxygen atoms in total. The van der Waals surface area contributed by atoms with E-state index in [1.54, 1.807) is 12.1 Å². The molecule has 0 saturated heterocycles. The molecular formula is C31H45BrN2O4. The van der Waals surface area contributed by atoms with Gasteiger partial charge in [-0.25, -0.2) is 0 Å². The molecule has 0 unspecified atom stereocenters. The molecule has 1 amide bonds. The van der Waals surface area contributed by atoms with Crippen molar-refractivity contribution in [3.8, 4) is 17.2 Å². The molecule has 0 bridgehead atoms. The Bertz CT molecular complexity index is 1020. The molecule has 0 heterocycles. The van der Waals surface area contributed by atoms with Crippen molar-refractivity contribution in [2.75, 3.05) is 46.9 Å². The van der Waals surface area contributed by atoms with Crippen LogP contribution in [0.4, 0.5) is 0 Å². The van der Waals surface area contributed by atoms with E-state index in [9.17, 15) is 9.59 Å². The number of ether oxygens (including phenoxy) is 2. The van der Waals surface area contributed by atoms with Crippen LogP contribution in [0.5, 0.6) is 17.2 Å². The van der Waals surface area contributed by atoms with Crippen molar-refractivity contribution < 1.29 is 40.5 Å². The summed E-state index contributed by atoms with van der Waals surface area (Å²) in [5.41, 5.74) is 1.68. The first-order valence-electron chi connectivity index (χ1n) is 13.5. The number of carbonyl (C=O) groups is 2. The van der Waals surface area contributed by atoms with Crippen LogP contribution in [0.1, 0.15) is 62.4 Å². The van der Waals surface area contributed by atoms with Crippen molar-refractivity contribution >= 4 is 11.7 Å². The second-order valence-corrected chi connectivity index (χ2v) is 10.0. The third-order valence-corrected chi connectivity index (χ3v) is 6.21. The second-order valence-electron chi connectivity index (χ2n) is 10.0. The maximum Gasteiger partial charge on any atom is 0.277 e. The lowest BCUT2D eigenvalue weighted by Gasteiger charge is -2.32. The van der Waals surface area contributed by atoms with Gasteiger partial charge in [0.05, 0.1) is 27.2 Å². The van der Waals surface area contributed by atoms with Crippen LogP contribution >= 0.6 is 0 Å². The molecule has 0 spiro atoms. The monoisotopic (exact) mass is 588 g/mol. The van der Waals surface area contributed by atoms with Gasteiger partial charge >= 0.3 is 0 Å². The van der Waals surface area contributed by atoms with Gasteiger partial charge in [0.2, 0.25) is 0 Å². The average Bonchev–Trinajstić information content (AvgIpc) is 2.87. The number of hydrogen-bond acceptors (Lipinski definition) is 4. The van der Waals surface area contributed by atoms with Crippen molar-refractivity contribution in [3.63, 3.8) is 0 Å². The minimum atomic E-state index is 0. The van der Waals surface area contributed by atoms with E-state index in [4.69, 9.17) is 9.47 Å². The molecule has 2 aromatic rings. The minimum absolute atomic E-state index is 0. The molecule has 0 aromatic heterocycles. The van der Waals surface area contributed by atoms with Crippen LogP contribution in [-0.2, 0) is 11.2 Å². The molecule has 2 aromatic carbocycles. The summed E-state index contributed by atoms with van der Waals surface area (Å²) in [6.07, 6.45) is 5.74. The molecule has 0 atom stereocenters. The van der Waals surface area contributed by atoms with E-state index in [0.717, 1.165) is 44.5 Å². The number of para-hydroxylation sites is 1. The Kier molecular flexibility index (Phi) is 15.0. The zero-order chi connectivity index (χ0) is 27.3. The summed E-state index contributed by atoms with van der Waals surface area (Å²) in [5.74, 6) is 2.30. The highest BCUT2D eigenvalue weighted by atomic mass is 79.9. The Labute approximate surface area is 240 Å². The van der Waals surface area contributed by atoms with E-state index >= 15 is 0 Å². The summed E-state index contributed by atoms with van der Waals surface area (Å²) in [7, 11) is 4.20. The Hall–Kier alpha value is -2.64. The molecule has 0 N–H and O–H groups in total. The van der Waals surface area contributed by atoms with Crippen molar-refractivity contribution in [2.24, 2.45) is 0 Å². The number of hydrogen-bond donors (Lipinski definition) is 0. The Morgan fingerprint density at radius 3 is 2.24 bits per heavy atom. The molecular weight excluding hydrogens is 544 g/mol. The Morgan fingerprint density at radius 2 is 1.66 bits per heavy atom. The molecule has 38 heavy (non-hydrogen) atoms. The zero-order valence-electron chi connectivity index (χ0n) is 23.8. The lowest BCUT2D eigenvalue weighted by atomic mass is 10.1. The summed E-state index contributed by atoms with van der Waals surface area (Å²) >= 11 is 0. The number of likely N-dealkylation sites (N-methyl/N-ethyl adjacent to an activating group) is 1. The number of benzene rings is 2. The largest absolute Gasteiger partial charge is 1.00 e. The highest BCUT2D eigenvalue weighted by molar-refractivity contribution is 5.95. The van der Waals surface area contributed by atoms with Gasteiger partial charge in [-0.15, -0.1) is 6.58 Å². The van der Waals surface area contributed by atoms with Crippen LogP contribution in [-0.4, -0.2) is 68.0 Å². The standard InChI is InChI=1S/C31H45N2O4.BrH/c1-7-13-26-14-11-15-29(37-27-18-16-25(17-19-27)28(34)10-4)31(26)36-23-12-22-33(5,6)24-30(35)32(20-8-2)21-9-3;/h7,11,14-19H,1,8-10,12-13,20-24H2,2-6H3;1H/q+1;/p-1. The fourth-order valence-electron chi connectivity index (χ4n) is 4.27. The van der Waals surface area contributed by atoms with E-state index in [1.165, 1.54) is 0 Å². The summed E-state index contributed by atoms with van der Waals surface area (Å²) in [6.45, 7) is 13.4. The van der Waals surface area contributed by atoms with E-state index in [2.05, 4.69) is 34.5 Å². The first kappa shape index (κ1) is 33.4. The van der Waals surface area contributed by atoms with Crippen LogP contribution < -0.4 is 26.5 Å². The number of allylic oxidation sites excluding steroid dienone is 1. The fraction of sp³-hybridized carbons (Fsp3) is 0.484. The van der Waals surface area contributed by atoms with E-state index < -0.39 is 0 Å². The Balaban J connectivity index is 0.00000722. The lowest BCUT2D eigenvalue weighted by molar-refractivity contribution is -0.882. The maximum atomic E-state index is 12.8. The molecule has 0 aliphatic heterocycles. The minimum Gasteiger partial charge on any atom is -1.00 e. The van der Waals surface area contributed by atoms with Gasteiger partial charge in [0.1, 0.15) is 5.75 Å². The van der Waals surface area contributed by atoms with Crippen molar-refractivity contribution in [2.45, 2.75) is 52.9 Å². The molecule has 210 valence electrons. The van der Waals surface area contributed by atoms with Gasteiger partial charge in [0.25, 0.3) is 5.91 Å². The predicted molar refractivity (Wildman–Crippen MR) is 151 cm³/mol. The Morgan fingerprint density at radius 1 is 1.00 bits per heavy atom. The van der Waals surface area contributed by atoms with Crippen LogP contribution in [0.25, 0.3) is 0 Å². The number of rotatable bonds is 17. The van der Waals surface area contributed by atoms with E-state index in [-0.39, 0.29) is 28.7 Å². The smallest absolute Gasteiger partial charge is 0.277 e. The maximum absolute atomic E-state index is 12.8. The number of Topliss-reactive ketones (excluding diaryl/α,β-unsaturated/α-hetero) is 1. The van der Waals surface area contributed by atoms with Gasteiger partial charge in [-0.3, -0.25) is 9.59 Å². The number of nitrogens with zero attached hydrogens (tertiary/aromatic N) is 2. The molecule has 0 fully saturated rings. The average molecular weight is 590 g/mol. The summed E-state index contributed by atoms with van der Waals surface area (Å²) in [5, 5.41) is 0. The normalized spacial score (nSPS) is 10.9. The zero-order valence-corrected chi connectivity index (χ0v) is 25.4. The highest BCUT2D eigenvalue weighted by Crippen LogP contribution is 2.35. The van der Waals surface area contributed by atoms with E-state index in [0.29, 0.717) is 53.3 Å². The van der Waals surface area contributed by atoms with Gasteiger partial charge in [-0.2, -0.15) is 0 Å². The summed E-state index contributed by atoms with van der Waals surface area (Å²) < 4.78 is 13.0. The first-order chi connectivity index (χ1) is 17.7. The molecule has 0 aliphatic carbocycles. The van der Waals surface area contributed by atoms with Crippen LogP contribution in [0.15, 0.2) is 55.1 Å². The van der Waals surface area contributed by atoms with Gasteiger partial charge in [-0.05, 0) is 49.6 Å². The van der Waals surface area contributed by atoms with Crippen LogP contribution in [0.3, 0.4) is 0 Å². The van der Waals surface area contributed by atoms with Gasteiger partial charge in [0, 0.05) is 37.1 Å². The fourth-order valence-corrected chi connectivity index (χ4v) is 4.27. The number of ketones is 1. The SMILES string of the molecule is C=CCc1cccc(Oc2ccc(C(=O)CC)cc2)c1OCCC[N+](C)(C)CC(=O)N(CCC)CCC.[Br-]. The van der Waals surface area contributed by atoms with Crippen LogP contribution in [0.2, 0.25) is 0 Å².